The first-order chi connectivity index (χ1) is 10.3. The van der Waals surface area contributed by atoms with Gasteiger partial charge in [0.1, 0.15) is 0 Å². The molecule has 0 aliphatic carbocycles. The standard InChI is InChI=1S/C16H31N3O2/c17-5-8-18-6-1-7-19(10-9-18)15-2-11-21-16(14-15)3-12-20-13-4-16/h15H,1-14,17H2. The summed E-state index contributed by atoms with van der Waals surface area (Å²) in [5, 5.41) is 0. The van der Waals surface area contributed by atoms with Crippen LogP contribution < -0.4 is 5.73 Å². The first kappa shape index (κ1) is 15.7. The van der Waals surface area contributed by atoms with E-state index in [9.17, 15) is 0 Å². The Bertz CT molecular complexity index is 315. The molecule has 0 aromatic carbocycles. The minimum Gasteiger partial charge on any atom is -0.381 e. The van der Waals surface area contributed by atoms with E-state index in [1.165, 1.54) is 45.4 Å². The third-order valence-electron chi connectivity index (χ3n) is 5.46. The van der Waals surface area contributed by atoms with Crippen LogP contribution in [0.5, 0.6) is 0 Å². The lowest BCUT2D eigenvalue weighted by Gasteiger charge is -2.46. The van der Waals surface area contributed by atoms with E-state index in [-0.39, 0.29) is 5.60 Å². The molecule has 3 saturated heterocycles. The van der Waals surface area contributed by atoms with E-state index in [1.807, 2.05) is 0 Å². The van der Waals surface area contributed by atoms with Crippen LogP contribution in [0.4, 0.5) is 0 Å². The molecule has 0 amide bonds. The van der Waals surface area contributed by atoms with Crippen LogP contribution in [0.3, 0.4) is 0 Å². The molecule has 1 atom stereocenters. The van der Waals surface area contributed by atoms with E-state index >= 15 is 0 Å². The number of nitrogens with two attached hydrogens (primary N) is 1. The van der Waals surface area contributed by atoms with Gasteiger partial charge in [0.2, 0.25) is 0 Å². The summed E-state index contributed by atoms with van der Waals surface area (Å²) in [5.41, 5.74) is 5.81. The Balaban J connectivity index is 1.55. The molecule has 3 aliphatic rings. The first-order valence-electron chi connectivity index (χ1n) is 8.69. The molecule has 3 heterocycles. The summed E-state index contributed by atoms with van der Waals surface area (Å²) in [6, 6.07) is 0.703. The van der Waals surface area contributed by atoms with Crippen LogP contribution in [-0.2, 0) is 9.47 Å². The second-order valence-corrected chi connectivity index (χ2v) is 6.81. The minimum absolute atomic E-state index is 0.115. The van der Waals surface area contributed by atoms with Crippen molar-refractivity contribution >= 4 is 0 Å². The average Bonchev–Trinajstić information content (AvgIpc) is 2.74. The zero-order chi connectivity index (χ0) is 14.5. The number of hydrogen-bond acceptors (Lipinski definition) is 5. The van der Waals surface area contributed by atoms with Gasteiger partial charge in [-0.1, -0.05) is 0 Å². The number of rotatable bonds is 3. The largest absolute Gasteiger partial charge is 0.381 e. The molecule has 3 fully saturated rings. The molecule has 3 rings (SSSR count). The highest BCUT2D eigenvalue weighted by atomic mass is 16.5. The lowest BCUT2D eigenvalue weighted by atomic mass is 9.83. The third kappa shape index (κ3) is 3.96. The highest BCUT2D eigenvalue weighted by Gasteiger charge is 2.40. The SMILES string of the molecule is NCCN1CCCN(C2CCOC3(CCOCC3)C2)CC1. The zero-order valence-electron chi connectivity index (χ0n) is 13.3. The Kier molecular flexibility index (Phi) is 5.51. The molecule has 122 valence electrons. The van der Waals surface area contributed by atoms with Gasteiger partial charge in [-0.2, -0.15) is 0 Å². The van der Waals surface area contributed by atoms with Gasteiger partial charge in [0.05, 0.1) is 5.60 Å². The predicted molar refractivity (Wildman–Crippen MR) is 83.4 cm³/mol. The molecular formula is C16H31N3O2. The fraction of sp³-hybridized carbons (Fsp3) is 1.00. The molecule has 0 radical (unpaired) electrons. The van der Waals surface area contributed by atoms with Gasteiger partial charge in [-0.15, -0.1) is 0 Å². The van der Waals surface area contributed by atoms with Crippen LogP contribution >= 0.6 is 0 Å². The maximum absolute atomic E-state index is 6.18. The molecule has 21 heavy (non-hydrogen) atoms. The maximum Gasteiger partial charge on any atom is 0.0741 e. The molecule has 0 aromatic rings. The van der Waals surface area contributed by atoms with Crippen LogP contribution in [0.25, 0.3) is 0 Å². The Hall–Kier alpha value is -0.200. The second-order valence-electron chi connectivity index (χ2n) is 6.81. The van der Waals surface area contributed by atoms with Crippen LogP contribution in [0.1, 0.15) is 32.1 Å². The molecule has 5 nitrogen and oxygen atoms in total. The fourth-order valence-corrected chi connectivity index (χ4v) is 4.17. The van der Waals surface area contributed by atoms with E-state index in [0.29, 0.717) is 6.04 Å². The van der Waals surface area contributed by atoms with E-state index in [1.54, 1.807) is 0 Å². The van der Waals surface area contributed by atoms with Gasteiger partial charge in [-0.3, -0.25) is 4.90 Å². The van der Waals surface area contributed by atoms with Crippen LogP contribution in [0, 0.1) is 0 Å². The summed E-state index contributed by atoms with van der Waals surface area (Å²) in [7, 11) is 0. The van der Waals surface area contributed by atoms with Crippen LogP contribution in [0.15, 0.2) is 0 Å². The Morgan fingerprint density at radius 2 is 1.90 bits per heavy atom. The van der Waals surface area contributed by atoms with Crippen molar-refractivity contribution in [3.05, 3.63) is 0 Å². The monoisotopic (exact) mass is 297 g/mol. The van der Waals surface area contributed by atoms with Gasteiger partial charge >= 0.3 is 0 Å². The van der Waals surface area contributed by atoms with Crippen molar-refractivity contribution in [2.45, 2.75) is 43.7 Å². The smallest absolute Gasteiger partial charge is 0.0741 e. The molecular weight excluding hydrogens is 266 g/mol. The van der Waals surface area contributed by atoms with Crippen molar-refractivity contribution in [3.8, 4) is 0 Å². The van der Waals surface area contributed by atoms with Gasteiger partial charge in [-0.25, -0.2) is 0 Å². The van der Waals surface area contributed by atoms with E-state index in [2.05, 4.69) is 9.80 Å². The molecule has 0 aromatic heterocycles. The molecule has 1 spiro atoms. The van der Waals surface area contributed by atoms with E-state index in [4.69, 9.17) is 15.2 Å². The van der Waals surface area contributed by atoms with Crippen molar-refractivity contribution in [3.63, 3.8) is 0 Å². The second kappa shape index (κ2) is 7.38. The summed E-state index contributed by atoms with van der Waals surface area (Å²) in [6.45, 7) is 9.29. The summed E-state index contributed by atoms with van der Waals surface area (Å²) in [6.07, 6.45) is 5.83. The minimum atomic E-state index is 0.115. The quantitative estimate of drug-likeness (QED) is 0.830. The Morgan fingerprint density at radius 3 is 2.71 bits per heavy atom. The normalized spacial score (nSPS) is 32.1. The van der Waals surface area contributed by atoms with Crippen LogP contribution in [0.2, 0.25) is 0 Å². The highest BCUT2D eigenvalue weighted by Crippen LogP contribution is 2.36. The van der Waals surface area contributed by atoms with Gasteiger partial charge in [0.15, 0.2) is 0 Å². The van der Waals surface area contributed by atoms with Crippen molar-refractivity contribution in [2.75, 3.05) is 59.1 Å². The number of hydrogen-bond donors (Lipinski definition) is 1. The van der Waals surface area contributed by atoms with E-state index < -0.39 is 0 Å². The summed E-state index contributed by atoms with van der Waals surface area (Å²) in [4.78, 5) is 5.24. The van der Waals surface area contributed by atoms with Gasteiger partial charge in [0, 0.05) is 52.0 Å². The summed E-state index contributed by atoms with van der Waals surface area (Å²) in [5.74, 6) is 0. The van der Waals surface area contributed by atoms with Gasteiger partial charge in [-0.05, 0) is 45.2 Å². The van der Waals surface area contributed by atoms with Crippen molar-refractivity contribution in [1.29, 1.82) is 0 Å². The lowest BCUT2D eigenvalue weighted by molar-refractivity contribution is -0.151. The van der Waals surface area contributed by atoms with E-state index in [0.717, 1.165) is 45.8 Å². The van der Waals surface area contributed by atoms with Crippen molar-refractivity contribution in [2.24, 2.45) is 5.73 Å². The number of ether oxygens (including phenoxy) is 2. The summed E-state index contributed by atoms with van der Waals surface area (Å²) < 4.78 is 11.7. The lowest BCUT2D eigenvalue weighted by Crippen LogP contribution is -2.51. The highest BCUT2D eigenvalue weighted by molar-refractivity contribution is 4.93. The molecule has 0 saturated carbocycles. The average molecular weight is 297 g/mol. The molecule has 1 unspecified atom stereocenters. The maximum atomic E-state index is 6.18. The topological polar surface area (TPSA) is 51.0 Å². The predicted octanol–water partition coefficient (Wildman–Crippen LogP) is 0.681. The molecule has 0 bridgehead atoms. The molecule has 2 N–H and O–H groups in total. The molecule has 5 heteroatoms. The zero-order valence-corrected chi connectivity index (χ0v) is 13.3. The number of nitrogens with zero attached hydrogens (tertiary/aromatic N) is 2. The first-order valence-corrected chi connectivity index (χ1v) is 8.69. The summed E-state index contributed by atoms with van der Waals surface area (Å²) >= 11 is 0. The Labute approximate surface area is 128 Å². The Morgan fingerprint density at radius 1 is 1.05 bits per heavy atom. The third-order valence-corrected chi connectivity index (χ3v) is 5.46. The van der Waals surface area contributed by atoms with Crippen molar-refractivity contribution in [1.82, 2.24) is 9.80 Å². The fourth-order valence-electron chi connectivity index (χ4n) is 4.17. The molecule has 3 aliphatic heterocycles. The van der Waals surface area contributed by atoms with Gasteiger partial charge < -0.3 is 20.1 Å². The van der Waals surface area contributed by atoms with Crippen LogP contribution in [-0.4, -0.2) is 80.5 Å². The van der Waals surface area contributed by atoms with Crippen molar-refractivity contribution < 1.29 is 9.47 Å². The van der Waals surface area contributed by atoms with Gasteiger partial charge in [0.25, 0.3) is 0 Å².